The first kappa shape index (κ1) is 16.7. The number of rotatable bonds is 3. The fraction of sp³-hybridized carbons (Fsp3) is 0.588. The Labute approximate surface area is 131 Å². The molecule has 0 saturated carbocycles. The molecule has 0 aliphatic carbocycles. The van der Waals surface area contributed by atoms with Gasteiger partial charge >= 0.3 is 6.03 Å². The van der Waals surface area contributed by atoms with Crippen LogP contribution in [0.2, 0.25) is 0 Å². The second-order valence-electron chi connectivity index (χ2n) is 6.20. The molecule has 1 saturated heterocycles. The van der Waals surface area contributed by atoms with Crippen LogP contribution in [0.25, 0.3) is 0 Å². The van der Waals surface area contributed by atoms with Gasteiger partial charge in [-0.2, -0.15) is 0 Å². The van der Waals surface area contributed by atoms with Gasteiger partial charge in [-0.3, -0.25) is 0 Å². The van der Waals surface area contributed by atoms with Crippen molar-refractivity contribution < 1.29 is 13.9 Å². The van der Waals surface area contributed by atoms with Crippen molar-refractivity contribution in [3.05, 3.63) is 35.6 Å². The van der Waals surface area contributed by atoms with Gasteiger partial charge in [-0.05, 0) is 33.8 Å². The normalized spacial score (nSPS) is 20.8. The zero-order valence-electron chi connectivity index (χ0n) is 13.8. The summed E-state index contributed by atoms with van der Waals surface area (Å²) >= 11 is 0. The summed E-state index contributed by atoms with van der Waals surface area (Å²) in [6.07, 6.45) is -0.422. The second-order valence-corrected chi connectivity index (χ2v) is 6.20. The average molecular weight is 308 g/mol. The number of urea groups is 1. The SMILES string of the molecule is CCN(CC)C(=O)N1CC(c2ccccc2F)OCC1(C)C. The number of nitrogens with zero attached hydrogens (tertiary/aromatic N) is 2. The number of ether oxygens (including phenoxy) is 1. The summed E-state index contributed by atoms with van der Waals surface area (Å²) in [6, 6.07) is 6.58. The van der Waals surface area contributed by atoms with Crippen LogP contribution < -0.4 is 0 Å². The molecule has 4 nitrogen and oxygen atoms in total. The van der Waals surface area contributed by atoms with Crippen LogP contribution in [0.1, 0.15) is 39.4 Å². The molecule has 1 aromatic rings. The zero-order chi connectivity index (χ0) is 16.3. The number of hydrogen-bond donors (Lipinski definition) is 0. The van der Waals surface area contributed by atoms with Crippen LogP contribution in [0.3, 0.4) is 0 Å². The van der Waals surface area contributed by atoms with Crippen LogP contribution in [0.15, 0.2) is 24.3 Å². The maximum atomic E-state index is 14.0. The Balaban J connectivity index is 2.24. The highest BCUT2D eigenvalue weighted by Crippen LogP contribution is 2.32. The van der Waals surface area contributed by atoms with E-state index < -0.39 is 11.6 Å². The van der Waals surface area contributed by atoms with Crippen molar-refractivity contribution in [2.24, 2.45) is 0 Å². The van der Waals surface area contributed by atoms with Crippen molar-refractivity contribution in [3.63, 3.8) is 0 Å². The Morgan fingerprint density at radius 1 is 1.36 bits per heavy atom. The molecule has 1 aliphatic rings. The Morgan fingerprint density at radius 2 is 2.00 bits per heavy atom. The van der Waals surface area contributed by atoms with Crippen molar-refractivity contribution in [2.75, 3.05) is 26.2 Å². The summed E-state index contributed by atoms with van der Waals surface area (Å²) in [4.78, 5) is 16.3. The predicted octanol–water partition coefficient (Wildman–Crippen LogP) is 3.44. The molecule has 1 aliphatic heterocycles. The fourth-order valence-corrected chi connectivity index (χ4v) is 2.77. The maximum absolute atomic E-state index is 14.0. The summed E-state index contributed by atoms with van der Waals surface area (Å²) in [7, 11) is 0. The van der Waals surface area contributed by atoms with Crippen molar-refractivity contribution in [1.29, 1.82) is 0 Å². The molecule has 1 atom stereocenters. The largest absolute Gasteiger partial charge is 0.369 e. The first-order valence-corrected chi connectivity index (χ1v) is 7.83. The van der Waals surface area contributed by atoms with Gasteiger partial charge in [0.2, 0.25) is 0 Å². The van der Waals surface area contributed by atoms with Gasteiger partial charge in [0.1, 0.15) is 11.9 Å². The number of amides is 2. The number of halogens is 1. The molecule has 0 radical (unpaired) electrons. The van der Waals surface area contributed by atoms with Crippen molar-refractivity contribution in [3.8, 4) is 0 Å². The van der Waals surface area contributed by atoms with E-state index in [0.717, 1.165) is 0 Å². The van der Waals surface area contributed by atoms with E-state index in [9.17, 15) is 9.18 Å². The van der Waals surface area contributed by atoms with Crippen LogP contribution in [-0.2, 0) is 4.74 Å². The summed E-state index contributed by atoms with van der Waals surface area (Å²) in [5, 5.41) is 0. The van der Waals surface area contributed by atoms with E-state index in [-0.39, 0.29) is 11.8 Å². The second kappa shape index (κ2) is 6.65. The van der Waals surface area contributed by atoms with E-state index in [0.29, 0.717) is 31.8 Å². The lowest BCUT2D eigenvalue weighted by atomic mass is 9.98. The van der Waals surface area contributed by atoms with Gasteiger partial charge in [-0.15, -0.1) is 0 Å². The van der Waals surface area contributed by atoms with Gasteiger partial charge in [-0.25, -0.2) is 9.18 Å². The summed E-state index contributed by atoms with van der Waals surface area (Å²) in [5.41, 5.74) is 0.108. The van der Waals surface area contributed by atoms with Crippen molar-refractivity contribution >= 4 is 6.03 Å². The third-order valence-electron chi connectivity index (χ3n) is 4.23. The lowest BCUT2D eigenvalue weighted by Gasteiger charge is -2.46. The van der Waals surface area contributed by atoms with Gasteiger partial charge in [0, 0.05) is 18.7 Å². The molecule has 0 aromatic heterocycles. The van der Waals surface area contributed by atoms with E-state index in [2.05, 4.69) is 0 Å². The third kappa shape index (κ3) is 3.24. The van der Waals surface area contributed by atoms with Crippen LogP contribution >= 0.6 is 0 Å². The van der Waals surface area contributed by atoms with Crippen LogP contribution in [0, 0.1) is 5.82 Å². The predicted molar refractivity (Wildman–Crippen MR) is 84.2 cm³/mol. The zero-order valence-corrected chi connectivity index (χ0v) is 13.8. The molecule has 1 heterocycles. The first-order chi connectivity index (χ1) is 10.4. The Kier molecular flexibility index (Phi) is 5.06. The lowest BCUT2D eigenvalue weighted by Crippen LogP contribution is -2.59. The Bertz CT molecular complexity index is 529. The minimum absolute atomic E-state index is 0.0142. The summed E-state index contributed by atoms with van der Waals surface area (Å²) in [6.45, 7) is 9.95. The van der Waals surface area contributed by atoms with E-state index >= 15 is 0 Å². The topological polar surface area (TPSA) is 32.8 Å². The standard InChI is InChI=1S/C17H25FN2O2/c1-5-19(6-2)16(21)20-11-15(22-12-17(20,3)4)13-9-7-8-10-14(13)18/h7-10,15H,5-6,11-12H2,1-4H3. The molecular formula is C17H25FN2O2. The minimum Gasteiger partial charge on any atom is -0.369 e. The van der Waals surface area contributed by atoms with E-state index in [1.165, 1.54) is 6.07 Å². The third-order valence-corrected chi connectivity index (χ3v) is 4.23. The number of benzene rings is 1. The molecule has 0 N–H and O–H groups in total. The maximum Gasteiger partial charge on any atom is 0.320 e. The fourth-order valence-electron chi connectivity index (χ4n) is 2.77. The van der Waals surface area contributed by atoms with Gasteiger partial charge in [0.15, 0.2) is 0 Å². The molecule has 0 bridgehead atoms. The van der Waals surface area contributed by atoms with Gasteiger partial charge < -0.3 is 14.5 Å². The quantitative estimate of drug-likeness (QED) is 0.857. The van der Waals surface area contributed by atoms with Crippen LogP contribution in [-0.4, -0.2) is 47.6 Å². The molecular weight excluding hydrogens is 283 g/mol. The van der Waals surface area contributed by atoms with Crippen LogP contribution in [0.5, 0.6) is 0 Å². The molecule has 122 valence electrons. The molecule has 0 spiro atoms. The molecule has 1 fully saturated rings. The molecule has 2 rings (SSSR count). The van der Waals surface area contributed by atoms with Crippen molar-refractivity contribution in [2.45, 2.75) is 39.3 Å². The molecule has 22 heavy (non-hydrogen) atoms. The lowest BCUT2D eigenvalue weighted by molar-refractivity contribution is -0.0858. The monoisotopic (exact) mass is 308 g/mol. The Morgan fingerprint density at radius 3 is 2.59 bits per heavy atom. The highest BCUT2D eigenvalue weighted by molar-refractivity contribution is 5.75. The van der Waals surface area contributed by atoms with Crippen LogP contribution in [0.4, 0.5) is 9.18 Å². The number of carbonyl (C=O) groups excluding carboxylic acids is 1. The molecule has 2 amide bonds. The van der Waals surface area contributed by atoms with Gasteiger partial charge in [0.25, 0.3) is 0 Å². The van der Waals surface area contributed by atoms with Crippen molar-refractivity contribution in [1.82, 2.24) is 9.80 Å². The van der Waals surface area contributed by atoms with E-state index in [4.69, 9.17) is 4.74 Å². The number of hydrogen-bond acceptors (Lipinski definition) is 2. The number of carbonyl (C=O) groups is 1. The Hall–Kier alpha value is -1.62. The highest BCUT2D eigenvalue weighted by Gasteiger charge is 2.40. The molecule has 1 unspecified atom stereocenters. The average Bonchev–Trinajstić information content (AvgIpc) is 2.49. The van der Waals surface area contributed by atoms with Gasteiger partial charge in [-0.1, -0.05) is 18.2 Å². The van der Waals surface area contributed by atoms with E-state index in [1.54, 1.807) is 28.0 Å². The molecule has 1 aromatic carbocycles. The number of morpholine rings is 1. The smallest absolute Gasteiger partial charge is 0.320 e. The highest BCUT2D eigenvalue weighted by atomic mass is 19.1. The minimum atomic E-state index is -0.422. The summed E-state index contributed by atoms with van der Waals surface area (Å²) in [5.74, 6) is -0.289. The van der Waals surface area contributed by atoms with Gasteiger partial charge in [0.05, 0.1) is 18.7 Å². The van der Waals surface area contributed by atoms with E-state index in [1.807, 2.05) is 27.7 Å². The molecule has 5 heteroatoms. The summed E-state index contributed by atoms with van der Waals surface area (Å²) < 4.78 is 19.8. The first-order valence-electron chi connectivity index (χ1n) is 7.83.